The highest BCUT2D eigenvalue weighted by atomic mass is 14.1. The molecule has 0 fully saturated rings. The second kappa shape index (κ2) is 5.85. The normalized spacial score (nSPS) is 10.9. The van der Waals surface area contributed by atoms with E-state index < -0.39 is 0 Å². The summed E-state index contributed by atoms with van der Waals surface area (Å²) in [5.41, 5.74) is 3.08. The first-order chi connectivity index (χ1) is 6.74. The molecule has 0 aliphatic rings. The first-order valence-corrected chi connectivity index (χ1v) is 5.80. The van der Waals surface area contributed by atoms with Crippen molar-refractivity contribution in [3.05, 3.63) is 35.4 Å². The highest BCUT2D eigenvalue weighted by molar-refractivity contribution is 5.26. The Balaban J connectivity index is 2.49. The molecule has 0 saturated heterocycles. The van der Waals surface area contributed by atoms with Crippen LogP contribution in [0.25, 0.3) is 0 Å². The lowest BCUT2D eigenvalue weighted by Crippen LogP contribution is -1.95. The maximum atomic E-state index is 2.30. The molecule has 0 unspecified atom stereocenters. The van der Waals surface area contributed by atoms with Crippen LogP contribution < -0.4 is 0 Å². The van der Waals surface area contributed by atoms with Gasteiger partial charge in [0.15, 0.2) is 0 Å². The Morgan fingerprint density at radius 3 is 2.29 bits per heavy atom. The van der Waals surface area contributed by atoms with E-state index >= 15 is 0 Å². The number of hydrogen-bond acceptors (Lipinski definition) is 0. The van der Waals surface area contributed by atoms with Crippen LogP contribution in [-0.4, -0.2) is 0 Å². The molecule has 0 radical (unpaired) electrons. The Morgan fingerprint density at radius 2 is 1.71 bits per heavy atom. The minimum atomic E-state index is 0.837. The molecular formula is C14H22. The lowest BCUT2D eigenvalue weighted by molar-refractivity contribution is 0.555. The van der Waals surface area contributed by atoms with Crippen LogP contribution in [0.2, 0.25) is 0 Å². The van der Waals surface area contributed by atoms with Crippen molar-refractivity contribution in [3.8, 4) is 0 Å². The summed E-state index contributed by atoms with van der Waals surface area (Å²) in [5.74, 6) is 0.837. The molecule has 0 bridgehead atoms. The van der Waals surface area contributed by atoms with E-state index in [2.05, 4.69) is 45.0 Å². The maximum Gasteiger partial charge on any atom is -0.0276 e. The average Bonchev–Trinajstić information content (AvgIpc) is 2.18. The molecule has 0 aliphatic heterocycles. The van der Waals surface area contributed by atoms with Crippen molar-refractivity contribution >= 4 is 0 Å². The number of rotatable bonds is 5. The van der Waals surface area contributed by atoms with E-state index in [0.717, 1.165) is 12.3 Å². The predicted octanol–water partition coefficient (Wildman–Crippen LogP) is 4.23. The van der Waals surface area contributed by atoms with Gasteiger partial charge in [-0.15, -0.1) is 0 Å². The van der Waals surface area contributed by atoms with Crippen molar-refractivity contribution in [1.82, 2.24) is 0 Å². The van der Waals surface area contributed by atoms with Gasteiger partial charge in [-0.3, -0.25) is 0 Å². The van der Waals surface area contributed by atoms with E-state index in [4.69, 9.17) is 0 Å². The molecule has 0 amide bonds. The largest absolute Gasteiger partial charge is 0.0628 e. The van der Waals surface area contributed by atoms with Gasteiger partial charge in [0.25, 0.3) is 0 Å². The maximum absolute atomic E-state index is 2.30. The summed E-state index contributed by atoms with van der Waals surface area (Å²) in [6, 6.07) is 8.83. The molecule has 14 heavy (non-hydrogen) atoms. The fraction of sp³-hybridized carbons (Fsp3) is 0.571. The fourth-order valence-electron chi connectivity index (χ4n) is 1.85. The quantitative estimate of drug-likeness (QED) is 0.652. The smallest absolute Gasteiger partial charge is 0.0276 e. The Labute approximate surface area is 88.4 Å². The molecule has 0 aromatic heterocycles. The van der Waals surface area contributed by atoms with Crippen molar-refractivity contribution in [2.24, 2.45) is 5.92 Å². The first-order valence-electron chi connectivity index (χ1n) is 5.80. The third-order valence-electron chi connectivity index (χ3n) is 2.73. The van der Waals surface area contributed by atoms with Crippen LogP contribution in [0.4, 0.5) is 0 Å². The van der Waals surface area contributed by atoms with Crippen LogP contribution in [-0.2, 0) is 12.8 Å². The van der Waals surface area contributed by atoms with Crippen molar-refractivity contribution in [3.63, 3.8) is 0 Å². The minimum absolute atomic E-state index is 0.837. The molecule has 78 valence electrons. The topological polar surface area (TPSA) is 0 Å². The standard InChI is InChI=1S/C14H22/c1-4-13-9-5-6-10-14(13)11-7-8-12(2)3/h5-6,9-10,12H,4,7-8,11H2,1-3H3. The van der Waals surface area contributed by atoms with Crippen molar-refractivity contribution in [2.45, 2.75) is 46.5 Å². The molecule has 0 spiro atoms. The molecule has 0 nitrogen and oxygen atoms in total. The Kier molecular flexibility index (Phi) is 4.72. The zero-order chi connectivity index (χ0) is 10.4. The van der Waals surface area contributed by atoms with E-state index in [1.807, 2.05) is 0 Å². The second-order valence-electron chi connectivity index (χ2n) is 4.41. The molecule has 0 N–H and O–H groups in total. The lowest BCUT2D eigenvalue weighted by atomic mass is 9.98. The van der Waals surface area contributed by atoms with Gasteiger partial charge in [-0.2, -0.15) is 0 Å². The van der Waals surface area contributed by atoms with E-state index in [1.165, 1.54) is 24.8 Å². The van der Waals surface area contributed by atoms with Crippen LogP contribution in [0.3, 0.4) is 0 Å². The average molecular weight is 190 g/mol. The van der Waals surface area contributed by atoms with E-state index in [0.29, 0.717) is 0 Å². The van der Waals surface area contributed by atoms with Crippen molar-refractivity contribution < 1.29 is 0 Å². The molecule has 0 heteroatoms. The summed E-state index contributed by atoms with van der Waals surface area (Å²) in [6.07, 6.45) is 5.09. The van der Waals surface area contributed by atoms with Gasteiger partial charge in [-0.1, -0.05) is 51.5 Å². The minimum Gasteiger partial charge on any atom is -0.0628 e. The van der Waals surface area contributed by atoms with Crippen molar-refractivity contribution in [2.75, 3.05) is 0 Å². The Bertz CT molecular complexity index is 260. The second-order valence-corrected chi connectivity index (χ2v) is 4.41. The van der Waals surface area contributed by atoms with Gasteiger partial charge in [0, 0.05) is 0 Å². The number of hydrogen-bond donors (Lipinski definition) is 0. The summed E-state index contributed by atoms with van der Waals surface area (Å²) < 4.78 is 0. The molecule has 1 aromatic rings. The van der Waals surface area contributed by atoms with Gasteiger partial charge in [-0.05, 0) is 36.3 Å². The van der Waals surface area contributed by atoms with Gasteiger partial charge >= 0.3 is 0 Å². The molecule has 1 aromatic carbocycles. The van der Waals surface area contributed by atoms with Gasteiger partial charge in [0.1, 0.15) is 0 Å². The molecule has 1 rings (SSSR count). The molecule has 0 atom stereocenters. The van der Waals surface area contributed by atoms with Gasteiger partial charge in [0.05, 0.1) is 0 Å². The van der Waals surface area contributed by atoms with Crippen LogP contribution >= 0.6 is 0 Å². The highest BCUT2D eigenvalue weighted by Gasteiger charge is 2.00. The summed E-state index contributed by atoms with van der Waals surface area (Å²) in [7, 11) is 0. The zero-order valence-electron chi connectivity index (χ0n) is 9.72. The molecule has 0 saturated carbocycles. The summed E-state index contributed by atoms with van der Waals surface area (Å²) >= 11 is 0. The molecule has 0 heterocycles. The lowest BCUT2D eigenvalue weighted by Gasteiger charge is -2.08. The summed E-state index contributed by atoms with van der Waals surface area (Å²) in [6.45, 7) is 6.83. The van der Waals surface area contributed by atoms with Crippen LogP contribution in [0, 0.1) is 5.92 Å². The van der Waals surface area contributed by atoms with Gasteiger partial charge < -0.3 is 0 Å². The van der Waals surface area contributed by atoms with E-state index in [1.54, 1.807) is 5.56 Å². The van der Waals surface area contributed by atoms with Crippen molar-refractivity contribution in [1.29, 1.82) is 0 Å². The van der Waals surface area contributed by atoms with E-state index in [-0.39, 0.29) is 0 Å². The highest BCUT2D eigenvalue weighted by Crippen LogP contribution is 2.14. The van der Waals surface area contributed by atoms with E-state index in [9.17, 15) is 0 Å². The third kappa shape index (κ3) is 3.53. The SMILES string of the molecule is CCc1ccccc1CCCC(C)C. The molecular weight excluding hydrogens is 168 g/mol. The van der Waals surface area contributed by atoms with Crippen LogP contribution in [0.15, 0.2) is 24.3 Å². The summed E-state index contributed by atoms with van der Waals surface area (Å²) in [4.78, 5) is 0. The third-order valence-corrected chi connectivity index (χ3v) is 2.73. The zero-order valence-corrected chi connectivity index (χ0v) is 9.72. The van der Waals surface area contributed by atoms with Gasteiger partial charge in [0.2, 0.25) is 0 Å². The fourth-order valence-corrected chi connectivity index (χ4v) is 1.85. The van der Waals surface area contributed by atoms with Crippen LogP contribution in [0.1, 0.15) is 44.7 Å². The van der Waals surface area contributed by atoms with Gasteiger partial charge in [-0.25, -0.2) is 0 Å². The Hall–Kier alpha value is -0.780. The summed E-state index contributed by atoms with van der Waals surface area (Å²) in [5, 5.41) is 0. The molecule has 0 aliphatic carbocycles. The number of benzene rings is 1. The first kappa shape index (κ1) is 11.3. The number of aryl methyl sites for hydroxylation is 2. The van der Waals surface area contributed by atoms with Crippen LogP contribution in [0.5, 0.6) is 0 Å². The monoisotopic (exact) mass is 190 g/mol. The predicted molar refractivity (Wildman–Crippen MR) is 63.6 cm³/mol. The Morgan fingerprint density at radius 1 is 1.07 bits per heavy atom.